The van der Waals surface area contributed by atoms with E-state index in [-0.39, 0.29) is 5.43 Å². The van der Waals surface area contributed by atoms with E-state index in [1.54, 1.807) is 6.20 Å². The molecule has 0 aliphatic carbocycles. The Morgan fingerprint density at radius 2 is 1.88 bits per heavy atom. The van der Waals surface area contributed by atoms with E-state index in [0.717, 1.165) is 11.3 Å². The summed E-state index contributed by atoms with van der Waals surface area (Å²) in [5, 5.41) is 0. The van der Waals surface area contributed by atoms with Gasteiger partial charge in [0.1, 0.15) is 6.61 Å². The molecule has 17 heavy (non-hydrogen) atoms. The van der Waals surface area contributed by atoms with Crippen molar-refractivity contribution < 1.29 is 4.74 Å². The summed E-state index contributed by atoms with van der Waals surface area (Å²) >= 11 is 0. The second kappa shape index (κ2) is 4.87. The first kappa shape index (κ1) is 11.5. The lowest BCUT2D eigenvalue weighted by atomic mass is 10.2. The van der Waals surface area contributed by atoms with Gasteiger partial charge in [0, 0.05) is 18.0 Å². The molecular weight excluding hydrogens is 214 g/mol. The highest BCUT2D eigenvalue weighted by atomic mass is 16.5. The van der Waals surface area contributed by atoms with E-state index >= 15 is 0 Å². The fourth-order valence-electron chi connectivity index (χ4n) is 1.52. The van der Waals surface area contributed by atoms with Crippen LogP contribution < -0.4 is 10.2 Å². The Morgan fingerprint density at radius 1 is 1.18 bits per heavy atom. The number of hydrogen-bond acceptors (Lipinski definition) is 2. The predicted octanol–water partition coefficient (Wildman–Crippen LogP) is 2.57. The first-order chi connectivity index (χ1) is 8.15. The second-order valence-corrected chi connectivity index (χ2v) is 4.12. The Labute approximate surface area is 100 Å². The number of nitrogens with one attached hydrogen (secondary N) is 1. The maximum Gasteiger partial charge on any atom is 0.223 e. The first-order valence-corrected chi connectivity index (χ1v) is 5.53. The molecule has 1 aromatic carbocycles. The number of H-pyrrole nitrogens is 1. The van der Waals surface area contributed by atoms with Crippen LogP contribution in [0.4, 0.5) is 0 Å². The molecule has 0 saturated heterocycles. The van der Waals surface area contributed by atoms with Crippen LogP contribution in [0.1, 0.15) is 16.8 Å². The molecule has 2 rings (SSSR count). The zero-order chi connectivity index (χ0) is 12.3. The van der Waals surface area contributed by atoms with Crippen LogP contribution in [0.5, 0.6) is 5.75 Å². The molecule has 1 N–H and O–H groups in total. The van der Waals surface area contributed by atoms with Crippen LogP contribution in [0.3, 0.4) is 0 Å². The highest BCUT2D eigenvalue weighted by Gasteiger charge is 2.01. The quantitative estimate of drug-likeness (QED) is 0.878. The molecule has 0 unspecified atom stereocenters. The van der Waals surface area contributed by atoms with Crippen molar-refractivity contribution in [2.45, 2.75) is 20.5 Å². The number of hydrogen-bond donors (Lipinski definition) is 1. The van der Waals surface area contributed by atoms with Gasteiger partial charge in [0.05, 0.1) is 0 Å². The highest BCUT2D eigenvalue weighted by molar-refractivity contribution is 5.23. The molecule has 3 nitrogen and oxygen atoms in total. The Kier molecular flexibility index (Phi) is 3.28. The SMILES string of the molecule is Cc1ccc(COc2c[nH]c(C)cc2=O)cc1. The normalized spacial score (nSPS) is 10.2. The topological polar surface area (TPSA) is 42.1 Å². The van der Waals surface area contributed by atoms with Gasteiger partial charge in [-0.1, -0.05) is 29.8 Å². The lowest BCUT2D eigenvalue weighted by Crippen LogP contribution is -2.08. The van der Waals surface area contributed by atoms with E-state index in [1.165, 1.54) is 11.6 Å². The summed E-state index contributed by atoms with van der Waals surface area (Å²) in [5.41, 5.74) is 3.00. The van der Waals surface area contributed by atoms with E-state index in [2.05, 4.69) is 4.98 Å². The smallest absolute Gasteiger partial charge is 0.223 e. The number of aryl methyl sites for hydroxylation is 2. The molecule has 2 aromatic rings. The van der Waals surface area contributed by atoms with Crippen molar-refractivity contribution in [2.24, 2.45) is 0 Å². The molecule has 0 bridgehead atoms. The van der Waals surface area contributed by atoms with E-state index in [1.807, 2.05) is 38.1 Å². The minimum Gasteiger partial charge on any atom is -0.483 e. The van der Waals surface area contributed by atoms with Gasteiger partial charge in [-0.05, 0) is 19.4 Å². The zero-order valence-electron chi connectivity index (χ0n) is 9.99. The van der Waals surface area contributed by atoms with Gasteiger partial charge in [0.25, 0.3) is 0 Å². The zero-order valence-corrected chi connectivity index (χ0v) is 9.99. The summed E-state index contributed by atoms with van der Waals surface area (Å²) in [5.74, 6) is 0.358. The minimum absolute atomic E-state index is 0.0895. The van der Waals surface area contributed by atoms with Gasteiger partial charge in [-0.25, -0.2) is 0 Å². The largest absolute Gasteiger partial charge is 0.483 e. The molecule has 1 heterocycles. The average molecular weight is 229 g/mol. The second-order valence-electron chi connectivity index (χ2n) is 4.12. The number of pyridine rings is 1. The molecule has 1 aromatic heterocycles. The third-order valence-electron chi connectivity index (χ3n) is 2.54. The summed E-state index contributed by atoms with van der Waals surface area (Å²) in [6.45, 7) is 4.28. The van der Waals surface area contributed by atoms with Crippen LogP contribution in [-0.4, -0.2) is 4.98 Å². The van der Waals surface area contributed by atoms with Crippen LogP contribution >= 0.6 is 0 Å². The molecule has 0 spiro atoms. The summed E-state index contributed by atoms with van der Waals surface area (Å²) in [6.07, 6.45) is 1.60. The number of benzene rings is 1. The van der Waals surface area contributed by atoms with Gasteiger partial charge >= 0.3 is 0 Å². The Morgan fingerprint density at radius 3 is 2.53 bits per heavy atom. The Hall–Kier alpha value is -2.03. The summed E-state index contributed by atoms with van der Waals surface area (Å²) < 4.78 is 5.47. The summed E-state index contributed by atoms with van der Waals surface area (Å²) in [7, 11) is 0. The number of rotatable bonds is 3. The standard InChI is InChI=1S/C14H15NO2/c1-10-3-5-12(6-4-10)9-17-14-8-15-11(2)7-13(14)16/h3-8H,9H2,1-2H3,(H,15,16). The number of aromatic nitrogens is 1. The van der Waals surface area contributed by atoms with Crippen LogP contribution in [0.15, 0.2) is 41.3 Å². The molecular formula is C14H15NO2. The molecule has 0 radical (unpaired) electrons. The van der Waals surface area contributed by atoms with Crippen molar-refractivity contribution in [3.8, 4) is 5.75 Å². The lowest BCUT2D eigenvalue weighted by molar-refractivity contribution is 0.302. The molecule has 0 saturated carbocycles. The third kappa shape index (κ3) is 2.97. The van der Waals surface area contributed by atoms with Crippen molar-refractivity contribution in [1.82, 2.24) is 4.98 Å². The Bertz CT molecular complexity index is 555. The fraction of sp³-hybridized carbons (Fsp3) is 0.214. The van der Waals surface area contributed by atoms with E-state index in [0.29, 0.717) is 12.4 Å². The lowest BCUT2D eigenvalue weighted by Gasteiger charge is -2.06. The molecule has 0 aliphatic heterocycles. The van der Waals surface area contributed by atoms with Crippen LogP contribution in [0.25, 0.3) is 0 Å². The van der Waals surface area contributed by atoms with Crippen molar-refractivity contribution >= 4 is 0 Å². The third-order valence-corrected chi connectivity index (χ3v) is 2.54. The van der Waals surface area contributed by atoms with Crippen molar-refractivity contribution in [3.63, 3.8) is 0 Å². The van der Waals surface area contributed by atoms with Gasteiger partial charge in [-0.15, -0.1) is 0 Å². The molecule has 0 fully saturated rings. The molecule has 3 heteroatoms. The Balaban J connectivity index is 2.07. The fourth-order valence-corrected chi connectivity index (χ4v) is 1.52. The number of aromatic amines is 1. The number of ether oxygens (including phenoxy) is 1. The van der Waals surface area contributed by atoms with Gasteiger partial charge in [0.2, 0.25) is 5.43 Å². The van der Waals surface area contributed by atoms with Gasteiger partial charge < -0.3 is 9.72 Å². The van der Waals surface area contributed by atoms with Gasteiger partial charge in [-0.2, -0.15) is 0 Å². The van der Waals surface area contributed by atoms with E-state index in [4.69, 9.17) is 4.74 Å². The first-order valence-electron chi connectivity index (χ1n) is 5.53. The molecule has 0 atom stereocenters. The predicted molar refractivity (Wildman–Crippen MR) is 67.3 cm³/mol. The van der Waals surface area contributed by atoms with Gasteiger partial charge in [0.15, 0.2) is 5.75 Å². The molecule has 0 aliphatic rings. The van der Waals surface area contributed by atoms with Crippen molar-refractivity contribution in [3.05, 3.63) is 63.6 Å². The van der Waals surface area contributed by atoms with E-state index < -0.39 is 0 Å². The maximum atomic E-state index is 11.6. The summed E-state index contributed by atoms with van der Waals surface area (Å²) in [6, 6.07) is 9.58. The average Bonchev–Trinajstić information content (AvgIpc) is 2.30. The van der Waals surface area contributed by atoms with Crippen molar-refractivity contribution in [2.75, 3.05) is 0 Å². The van der Waals surface area contributed by atoms with Crippen molar-refractivity contribution in [1.29, 1.82) is 0 Å². The monoisotopic (exact) mass is 229 g/mol. The minimum atomic E-state index is -0.0895. The van der Waals surface area contributed by atoms with E-state index in [9.17, 15) is 4.79 Å². The van der Waals surface area contributed by atoms with Crippen LogP contribution in [0, 0.1) is 13.8 Å². The highest BCUT2D eigenvalue weighted by Crippen LogP contribution is 2.08. The molecule has 88 valence electrons. The molecule has 0 amide bonds. The van der Waals surface area contributed by atoms with Gasteiger partial charge in [-0.3, -0.25) is 4.79 Å². The van der Waals surface area contributed by atoms with Crippen LogP contribution in [-0.2, 0) is 6.61 Å². The maximum absolute atomic E-state index is 11.6. The van der Waals surface area contributed by atoms with Crippen LogP contribution in [0.2, 0.25) is 0 Å². The summed E-state index contributed by atoms with van der Waals surface area (Å²) in [4.78, 5) is 14.5.